The Bertz CT molecular complexity index is 2880. The Kier molecular flexibility index (Phi) is 16.6. The third-order valence-corrected chi connectivity index (χ3v) is 14.9. The van der Waals surface area contributed by atoms with Crippen LogP contribution in [0.3, 0.4) is 0 Å². The molecule has 0 saturated carbocycles. The summed E-state index contributed by atoms with van der Waals surface area (Å²) in [5.41, 5.74) is 3.39. The number of anilines is 3. The highest BCUT2D eigenvalue weighted by Gasteiger charge is 2.37. The number of alkyl halides is 4. The van der Waals surface area contributed by atoms with Crippen molar-refractivity contribution < 1.29 is 54.5 Å². The number of aromatic nitrogens is 3. The number of amides is 2. The predicted octanol–water partition coefficient (Wildman–Crippen LogP) is 9.46. The van der Waals surface area contributed by atoms with Gasteiger partial charge in [0.05, 0.1) is 66.7 Å². The second-order valence-electron chi connectivity index (χ2n) is 17.3. The quantitative estimate of drug-likeness (QED) is 0.0778. The van der Waals surface area contributed by atoms with Crippen molar-refractivity contribution in [1.82, 2.24) is 24.7 Å². The number of carbonyl (C=O) groups is 2. The number of nitrogens with zero attached hydrogens (tertiary/aromatic N) is 7. The first-order valence-corrected chi connectivity index (χ1v) is 25.0. The van der Waals surface area contributed by atoms with E-state index in [1.807, 2.05) is 0 Å². The number of aryl methyl sites for hydroxylation is 2. The van der Waals surface area contributed by atoms with E-state index in [2.05, 4.69) is 20.4 Å². The van der Waals surface area contributed by atoms with Crippen LogP contribution in [0.5, 0.6) is 23.0 Å². The SMILES string of the molecule is COc1ccc(CN(Cc2ccc(OC)cc2OC)S(=O)(=O)c2cc(N(NC(=O)c3cc(Cl)c(C)nc3N3CCCC(F)(F)CC3)C(=O)c3cc(Cl)c(C)nc3N3CCCC(F)(F)CC3)ccn2)c(OC)c1. The van der Waals surface area contributed by atoms with Gasteiger partial charge in [0, 0.05) is 100 Å². The van der Waals surface area contributed by atoms with Crippen LogP contribution in [0.15, 0.2) is 71.9 Å². The summed E-state index contributed by atoms with van der Waals surface area (Å²) < 4.78 is 112. The van der Waals surface area contributed by atoms with E-state index in [9.17, 15) is 22.4 Å². The number of methoxy groups -OCH3 is 4. The minimum atomic E-state index is -4.71. The molecule has 23 heteroatoms. The van der Waals surface area contributed by atoms with Crippen LogP contribution in [0.1, 0.15) is 81.8 Å². The molecule has 2 saturated heterocycles. The molecular formula is C49H54Cl2F4N8O8S. The average molecular weight is 1060 g/mol. The molecule has 1 N–H and O–H groups in total. The normalized spacial score (nSPS) is 15.8. The lowest BCUT2D eigenvalue weighted by Gasteiger charge is -2.29. The lowest BCUT2D eigenvalue weighted by molar-refractivity contribution is -0.0109. The molecule has 7 rings (SSSR count). The lowest BCUT2D eigenvalue weighted by atomic mass is 10.1. The van der Waals surface area contributed by atoms with Crippen LogP contribution in [-0.2, 0) is 23.1 Å². The number of pyridine rings is 3. The third-order valence-electron chi connectivity index (χ3n) is 12.5. The number of hydrogen-bond donors (Lipinski definition) is 1. The van der Waals surface area contributed by atoms with Crippen LogP contribution in [0.4, 0.5) is 34.9 Å². The summed E-state index contributed by atoms with van der Waals surface area (Å²) in [6.45, 7) is 2.45. The van der Waals surface area contributed by atoms with Crippen LogP contribution in [0.2, 0.25) is 10.0 Å². The fourth-order valence-electron chi connectivity index (χ4n) is 8.39. The number of benzene rings is 2. The van der Waals surface area contributed by atoms with Crippen molar-refractivity contribution >= 4 is 62.4 Å². The molecule has 2 aromatic carbocycles. The van der Waals surface area contributed by atoms with Crippen molar-refractivity contribution in [3.63, 3.8) is 0 Å². The van der Waals surface area contributed by atoms with E-state index >= 15 is 13.2 Å². The Balaban J connectivity index is 1.37. The number of rotatable bonds is 15. The van der Waals surface area contributed by atoms with Gasteiger partial charge in [-0.3, -0.25) is 15.0 Å². The molecule has 3 aromatic heterocycles. The second kappa shape index (κ2) is 22.3. The number of nitrogens with one attached hydrogen (secondary N) is 1. The maximum atomic E-state index is 15.4. The number of halogens is 6. The highest BCUT2D eigenvalue weighted by atomic mass is 35.5. The summed E-state index contributed by atoms with van der Waals surface area (Å²) in [4.78, 5) is 46.7. The molecule has 2 aliphatic heterocycles. The lowest BCUT2D eigenvalue weighted by Crippen LogP contribution is -2.48. The molecule has 5 aromatic rings. The number of hydrogen-bond acceptors (Lipinski definition) is 13. The molecule has 16 nitrogen and oxygen atoms in total. The molecule has 0 aliphatic carbocycles. The molecular weight excluding hydrogens is 1010 g/mol. The van der Waals surface area contributed by atoms with Gasteiger partial charge in [0.15, 0.2) is 5.03 Å². The van der Waals surface area contributed by atoms with E-state index in [0.29, 0.717) is 39.8 Å². The van der Waals surface area contributed by atoms with Gasteiger partial charge in [0.1, 0.15) is 34.6 Å². The Labute approximate surface area is 425 Å². The number of carbonyl (C=O) groups excluding carboxylic acids is 2. The number of hydrazine groups is 1. The Morgan fingerprint density at radius 1 is 0.681 bits per heavy atom. The standard InChI is InChI=1S/C49H54Cl2F4N8O8S/c1-30-39(50)26-37(44(57-30)60-19-7-14-48(52,53)16-21-60)46(64)59-63(47(65)38-27-40(51)31(2)58-45(38)61-20-8-15-49(54,55)17-22-61)34-13-18-56-43(23-34)72(66,67)62(28-32-9-11-35(68-3)24-41(32)70-5)29-33-10-12-36(69-4)25-42(33)71-6/h9-13,18,23-27H,7-8,14-17,19-22,28-29H2,1-6H3,(H,59,64). The molecule has 72 heavy (non-hydrogen) atoms. The molecule has 0 bridgehead atoms. The van der Waals surface area contributed by atoms with Crippen molar-refractivity contribution in [2.24, 2.45) is 0 Å². The molecule has 0 atom stereocenters. The van der Waals surface area contributed by atoms with Crippen LogP contribution < -0.4 is 39.2 Å². The monoisotopic (exact) mass is 1060 g/mol. The van der Waals surface area contributed by atoms with E-state index in [1.165, 1.54) is 51.5 Å². The van der Waals surface area contributed by atoms with Gasteiger partial charge in [-0.25, -0.2) is 45.9 Å². The largest absolute Gasteiger partial charge is 0.497 e. The summed E-state index contributed by atoms with van der Waals surface area (Å²) in [7, 11) is 1.09. The van der Waals surface area contributed by atoms with Gasteiger partial charge < -0.3 is 28.7 Å². The fourth-order valence-corrected chi connectivity index (χ4v) is 10.0. The minimum Gasteiger partial charge on any atom is -0.497 e. The second-order valence-corrected chi connectivity index (χ2v) is 20.0. The molecule has 2 fully saturated rings. The van der Waals surface area contributed by atoms with Gasteiger partial charge in [-0.05, 0) is 57.0 Å². The van der Waals surface area contributed by atoms with Crippen LogP contribution in [0.25, 0.3) is 0 Å². The molecule has 386 valence electrons. The van der Waals surface area contributed by atoms with Crippen molar-refractivity contribution in [2.45, 2.75) is 82.3 Å². The summed E-state index contributed by atoms with van der Waals surface area (Å²) >= 11 is 13.2. The number of sulfonamides is 1. The smallest absolute Gasteiger partial charge is 0.280 e. The molecule has 2 aliphatic rings. The Hall–Kier alpha value is -6.16. The summed E-state index contributed by atoms with van der Waals surface area (Å²) in [5.74, 6) is -6.41. The first-order valence-electron chi connectivity index (χ1n) is 22.8. The molecule has 2 amide bonds. The molecule has 0 spiro atoms. The Morgan fingerprint density at radius 3 is 1.65 bits per heavy atom. The van der Waals surface area contributed by atoms with Crippen LogP contribution >= 0.6 is 23.2 Å². The van der Waals surface area contributed by atoms with Gasteiger partial charge in [0.2, 0.25) is 11.8 Å². The van der Waals surface area contributed by atoms with Gasteiger partial charge in [-0.1, -0.05) is 35.3 Å². The minimum absolute atomic E-state index is 0.0139. The van der Waals surface area contributed by atoms with E-state index in [4.69, 9.17) is 42.1 Å². The van der Waals surface area contributed by atoms with Gasteiger partial charge >= 0.3 is 0 Å². The zero-order valence-corrected chi connectivity index (χ0v) is 42.7. The van der Waals surface area contributed by atoms with Crippen molar-refractivity contribution in [3.05, 3.63) is 111 Å². The maximum Gasteiger partial charge on any atom is 0.280 e. The number of ether oxygens (including phenoxy) is 4. The third kappa shape index (κ3) is 12.2. The Morgan fingerprint density at radius 2 is 1.17 bits per heavy atom. The summed E-state index contributed by atoms with van der Waals surface area (Å²) in [5, 5.41) is 0.267. The van der Waals surface area contributed by atoms with E-state index in [1.54, 1.807) is 55.1 Å². The predicted molar refractivity (Wildman–Crippen MR) is 264 cm³/mol. The summed E-state index contributed by atoms with van der Waals surface area (Å²) in [6, 6.07) is 14.7. The maximum absolute atomic E-state index is 15.4. The van der Waals surface area contributed by atoms with Crippen molar-refractivity contribution in [2.75, 3.05) is 69.4 Å². The fraction of sp³-hybridized carbons (Fsp3) is 0.408. The van der Waals surface area contributed by atoms with E-state index in [0.717, 1.165) is 21.6 Å². The highest BCUT2D eigenvalue weighted by molar-refractivity contribution is 7.89. The van der Waals surface area contributed by atoms with E-state index in [-0.39, 0.29) is 103 Å². The molecule has 0 unspecified atom stereocenters. The van der Waals surface area contributed by atoms with Crippen molar-refractivity contribution in [1.29, 1.82) is 0 Å². The van der Waals surface area contributed by atoms with Gasteiger partial charge in [0.25, 0.3) is 21.8 Å². The zero-order chi connectivity index (χ0) is 52.1. The van der Waals surface area contributed by atoms with E-state index < -0.39 is 58.0 Å². The average Bonchev–Trinajstić information content (AvgIpc) is 3.66. The van der Waals surface area contributed by atoms with Crippen molar-refractivity contribution in [3.8, 4) is 23.0 Å². The van der Waals surface area contributed by atoms with Crippen LogP contribution in [-0.4, -0.2) is 106 Å². The summed E-state index contributed by atoms with van der Waals surface area (Å²) in [6.07, 6.45) is -0.566. The van der Waals surface area contributed by atoms with Gasteiger partial charge in [-0.15, -0.1) is 0 Å². The van der Waals surface area contributed by atoms with Crippen LogP contribution in [0, 0.1) is 13.8 Å². The highest BCUT2D eigenvalue weighted by Crippen LogP contribution is 2.37. The molecule has 0 radical (unpaired) electrons. The first kappa shape index (κ1) is 53.6. The van der Waals surface area contributed by atoms with Gasteiger partial charge in [-0.2, -0.15) is 4.31 Å². The topological polar surface area (TPSA) is 169 Å². The first-order chi connectivity index (χ1) is 34.2. The zero-order valence-electron chi connectivity index (χ0n) is 40.4. The molecule has 5 heterocycles.